The van der Waals surface area contributed by atoms with Gasteiger partial charge < -0.3 is 10.4 Å². The van der Waals surface area contributed by atoms with Crippen molar-refractivity contribution in [2.24, 2.45) is 0 Å². The second-order valence-electron chi connectivity index (χ2n) is 5.08. The summed E-state index contributed by atoms with van der Waals surface area (Å²) < 4.78 is 0. The molecule has 1 aliphatic rings. The molecule has 0 spiro atoms. The first-order valence-electron chi connectivity index (χ1n) is 7.01. The fraction of sp³-hybridized carbons (Fsp3) is 0.400. The van der Waals surface area contributed by atoms with Crippen molar-refractivity contribution in [2.45, 2.75) is 32.1 Å². The van der Waals surface area contributed by atoms with Crippen molar-refractivity contribution >= 4 is 17.3 Å². The number of nitrogens with one attached hydrogen (secondary N) is 1. The van der Waals surface area contributed by atoms with E-state index >= 15 is 0 Å². The molecule has 0 saturated heterocycles. The molecule has 0 aliphatic heterocycles. The topological polar surface area (TPSA) is 92.5 Å². The summed E-state index contributed by atoms with van der Waals surface area (Å²) in [4.78, 5) is 21.2. The Labute approximate surface area is 122 Å². The molecule has 0 bridgehead atoms. The lowest BCUT2D eigenvalue weighted by atomic mass is 9.97. The fourth-order valence-corrected chi connectivity index (χ4v) is 2.47. The Kier molecular flexibility index (Phi) is 4.92. The van der Waals surface area contributed by atoms with Crippen molar-refractivity contribution in [3.05, 3.63) is 45.5 Å². The number of anilines is 1. The number of nitro benzene ring substituents is 1. The smallest absolute Gasteiger partial charge is 0.342 e. The zero-order chi connectivity index (χ0) is 15.2. The number of benzene rings is 1. The van der Waals surface area contributed by atoms with Gasteiger partial charge in [0.15, 0.2) is 0 Å². The van der Waals surface area contributed by atoms with Gasteiger partial charge in [-0.2, -0.15) is 0 Å². The minimum atomic E-state index is -1.29. The highest BCUT2D eigenvalue weighted by Crippen LogP contribution is 2.24. The van der Waals surface area contributed by atoms with E-state index in [1.807, 2.05) is 0 Å². The quantitative estimate of drug-likeness (QED) is 0.474. The molecule has 0 aromatic heterocycles. The standard InChI is InChI=1S/C15H18N2O4/c18-15(19)13-7-6-12(10-14(13)17(20)21)16-9-8-11-4-2-1-3-5-11/h4,6-7,10,16H,1-3,5,8-9H2,(H,18,19). The van der Waals surface area contributed by atoms with Crippen molar-refractivity contribution < 1.29 is 14.8 Å². The monoisotopic (exact) mass is 290 g/mol. The van der Waals surface area contributed by atoms with Crippen LogP contribution in [0.5, 0.6) is 0 Å². The Bertz CT molecular complexity index is 581. The largest absolute Gasteiger partial charge is 0.477 e. The lowest BCUT2D eigenvalue weighted by Gasteiger charge is -2.13. The van der Waals surface area contributed by atoms with Crippen LogP contribution in [0.2, 0.25) is 0 Å². The summed E-state index contributed by atoms with van der Waals surface area (Å²) in [5, 5.41) is 22.9. The number of carbonyl (C=O) groups is 1. The van der Waals surface area contributed by atoms with Gasteiger partial charge in [-0.25, -0.2) is 4.79 Å². The van der Waals surface area contributed by atoms with E-state index in [2.05, 4.69) is 11.4 Å². The highest BCUT2D eigenvalue weighted by atomic mass is 16.6. The van der Waals surface area contributed by atoms with Crippen LogP contribution in [0.15, 0.2) is 29.8 Å². The molecule has 0 atom stereocenters. The second-order valence-corrected chi connectivity index (χ2v) is 5.08. The van der Waals surface area contributed by atoms with Crippen LogP contribution in [0.4, 0.5) is 11.4 Å². The minimum Gasteiger partial charge on any atom is -0.477 e. The van der Waals surface area contributed by atoms with Gasteiger partial charge in [-0.05, 0) is 44.2 Å². The molecule has 0 unspecified atom stereocenters. The predicted octanol–water partition coefficient (Wildman–Crippen LogP) is 3.60. The maximum absolute atomic E-state index is 10.9. The maximum Gasteiger partial charge on any atom is 0.342 e. The molecule has 21 heavy (non-hydrogen) atoms. The first-order chi connectivity index (χ1) is 10.1. The molecule has 1 aromatic rings. The zero-order valence-electron chi connectivity index (χ0n) is 11.7. The van der Waals surface area contributed by atoms with Gasteiger partial charge in [0, 0.05) is 18.3 Å². The first-order valence-corrected chi connectivity index (χ1v) is 7.01. The van der Waals surface area contributed by atoms with E-state index in [0.29, 0.717) is 12.2 Å². The van der Waals surface area contributed by atoms with E-state index in [9.17, 15) is 14.9 Å². The van der Waals surface area contributed by atoms with E-state index < -0.39 is 10.9 Å². The minimum absolute atomic E-state index is 0.291. The Hall–Kier alpha value is -2.37. The molecular weight excluding hydrogens is 272 g/mol. The van der Waals surface area contributed by atoms with Crippen LogP contribution in [0.1, 0.15) is 42.5 Å². The van der Waals surface area contributed by atoms with Gasteiger partial charge in [0.25, 0.3) is 5.69 Å². The molecule has 6 nitrogen and oxygen atoms in total. The average molecular weight is 290 g/mol. The number of hydrogen-bond donors (Lipinski definition) is 2. The van der Waals surface area contributed by atoms with Crippen molar-refractivity contribution in [1.82, 2.24) is 0 Å². The highest BCUT2D eigenvalue weighted by Gasteiger charge is 2.19. The molecule has 0 radical (unpaired) electrons. The van der Waals surface area contributed by atoms with Gasteiger partial charge in [-0.3, -0.25) is 10.1 Å². The molecule has 2 N–H and O–H groups in total. The van der Waals surface area contributed by atoms with E-state index in [-0.39, 0.29) is 11.3 Å². The third-order valence-electron chi connectivity index (χ3n) is 3.59. The number of nitro groups is 1. The van der Waals surface area contributed by atoms with Crippen molar-refractivity contribution in [3.8, 4) is 0 Å². The van der Waals surface area contributed by atoms with E-state index in [4.69, 9.17) is 5.11 Å². The van der Waals surface area contributed by atoms with Crippen molar-refractivity contribution in [1.29, 1.82) is 0 Å². The molecule has 0 saturated carbocycles. The van der Waals surface area contributed by atoms with Gasteiger partial charge >= 0.3 is 5.97 Å². The Morgan fingerprint density at radius 1 is 1.38 bits per heavy atom. The third kappa shape index (κ3) is 4.05. The van der Waals surface area contributed by atoms with Crippen LogP contribution in [0.3, 0.4) is 0 Å². The summed E-state index contributed by atoms with van der Waals surface area (Å²) in [6, 6.07) is 4.10. The number of aromatic carboxylic acids is 1. The number of nitrogens with zero attached hydrogens (tertiary/aromatic N) is 1. The van der Waals surface area contributed by atoms with Crippen LogP contribution in [-0.2, 0) is 0 Å². The molecular formula is C15H18N2O4. The molecule has 0 amide bonds. The molecule has 0 heterocycles. The molecule has 112 valence electrons. The number of rotatable bonds is 6. The first kappa shape index (κ1) is 15.0. The Balaban J connectivity index is 2.00. The Morgan fingerprint density at radius 3 is 2.81 bits per heavy atom. The van der Waals surface area contributed by atoms with Crippen LogP contribution < -0.4 is 5.32 Å². The normalized spacial score (nSPS) is 14.4. The van der Waals surface area contributed by atoms with Gasteiger partial charge in [0.05, 0.1) is 4.92 Å². The molecule has 1 aromatic carbocycles. The summed E-state index contributed by atoms with van der Waals surface area (Å²) in [5.74, 6) is -1.29. The zero-order valence-corrected chi connectivity index (χ0v) is 11.7. The summed E-state index contributed by atoms with van der Waals surface area (Å²) in [5.41, 5.74) is 1.32. The number of carboxylic acid groups (broad SMARTS) is 1. The molecule has 0 fully saturated rings. The SMILES string of the molecule is O=C(O)c1ccc(NCCC2=CCCCC2)cc1[N+](=O)[O-]. The van der Waals surface area contributed by atoms with Gasteiger partial charge in [-0.15, -0.1) is 0 Å². The van der Waals surface area contributed by atoms with Crippen molar-refractivity contribution in [2.75, 3.05) is 11.9 Å². The van der Waals surface area contributed by atoms with Crippen LogP contribution in [0.25, 0.3) is 0 Å². The second kappa shape index (κ2) is 6.88. The summed E-state index contributed by atoms with van der Waals surface area (Å²) >= 11 is 0. The van der Waals surface area contributed by atoms with E-state index in [0.717, 1.165) is 19.3 Å². The molecule has 6 heteroatoms. The summed E-state index contributed by atoms with van der Waals surface area (Å²) in [6.45, 7) is 0.690. The Morgan fingerprint density at radius 2 is 2.19 bits per heavy atom. The fourth-order valence-electron chi connectivity index (χ4n) is 2.47. The van der Waals surface area contributed by atoms with Crippen LogP contribution in [0, 0.1) is 10.1 Å². The predicted molar refractivity (Wildman–Crippen MR) is 79.7 cm³/mol. The van der Waals surface area contributed by atoms with Gasteiger partial charge in [0.2, 0.25) is 0 Å². The van der Waals surface area contributed by atoms with Crippen molar-refractivity contribution in [3.63, 3.8) is 0 Å². The molecule has 1 aliphatic carbocycles. The third-order valence-corrected chi connectivity index (χ3v) is 3.59. The highest BCUT2D eigenvalue weighted by molar-refractivity contribution is 5.93. The van der Waals surface area contributed by atoms with E-state index in [1.54, 1.807) is 6.07 Å². The van der Waals surface area contributed by atoms with E-state index in [1.165, 1.54) is 30.5 Å². The number of carboxylic acids is 1. The van der Waals surface area contributed by atoms with Crippen LogP contribution >= 0.6 is 0 Å². The number of allylic oxidation sites excluding steroid dienone is 1. The maximum atomic E-state index is 10.9. The van der Waals surface area contributed by atoms with Gasteiger partial charge in [0.1, 0.15) is 5.56 Å². The molecule has 2 rings (SSSR count). The average Bonchev–Trinajstić information content (AvgIpc) is 2.48. The summed E-state index contributed by atoms with van der Waals surface area (Å²) in [7, 11) is 0. The summed E-state index contributed by atoms with van der Waals surface area (Å²) in [6.07, 6.45) is 7.91. The van der Waals surface area contributed by atoms with Gasteiger partial charge in [-0.1, -0.05) is 11.6 Å². The lowest BCUT2D eigenvalue weighted by molar-refractivity contribution is -0.385. The lowest BCUT2D eigenvalue weighted by Crippen LogP contribution is -2.07. The van der Waals surface area contributed by atoms with Crippen LogP contribution in [-0.4, -0.2) is 22.5 Å². The number of hydrogen-bond acceptors (Lipinski definition) is 4.